The minimum Gasteiger partial charge on any atom is -0.384 e. The zero-order chi connectivity index (χ0) is 14.0. The van der Waals surface area contributed by atoms with Crippen molar-refractivity contribution in [2.75, 3.05) is 23.7 Å². The fourth-order valence-corrected chi connectivity index (χ4v) is 3.32. The highest BCUT2D eigenvalue weighted by Gasteiger charge is 2.24. The number of thioether (sulfide) groups is 1. The average Bonchev–Trinajstić information content (AvgIpc) is 2.49. The number of aromatic nitrogens is 1. The van der Waals surface area contributed by atoms with Crippen LogP contribution in [0.3, 0.4) is 0 Å². The summed E-state index contributed by atoms with van der Waals surface area (Å²) in [5.74, 6) is 2.16. The standard InChI is InChI=1S/C14H22N4S/c1-10-8-11(13(15)16)9-12(17-10)18-5-4-14(2,3)19-7-6-18/h8-9H,4-7H2,1-3H3,(H3,15,16). The summed E-state index contributed by atoms with van der Waals surface area (Å²) >= 11 is 2.02. The van der Waals surface area contributed by atoms with E-state index in [1.54, 1.807) is 0 Å². The number of hydrogen-bond acceptors (Lipinski definition) is 4. The Bertz CT molecular complexity index is 484. The molecule has 0 aromatic carbocycles. The van der Waals surface area contributed by atoms with Crippen molar-refractivity contribution in [3.05, 3.63) is 23.4 Å². The van der Waals surface area contributed by atoms with Crippen LogP contribution in [-0.2, 0) is 0 Å². The average molecular weight is 278 g/mol. The molecule has 3 N–H and O–H groups in total. The normalized spacial score (nSPS) is 19.0. The molecule has 0 aliphatic carbocycles. The highest BCUT2D eigenvalue weighted by molar-refractivity contribution is 8.00. The summed E-state index contributed by atoms with van der Waals surface area (Å²) in [4.78, 5) is 6.90. The van der Waals surface area contributed by atoms with Crippen molar-refractivity contribution in [2.45, 2.75) is 31.9 Å². The Balaban J connectivity index is 2.24. The Morgan fingerprint density at radius 2 is 2.16 bits per heavy atom. The molecule has 0 radical (unpaired) electrons. The van der Waals surface area contributed by atoms with E-state index in [1.165, 1.54) is 0 Å². The monoisotopic (exact) mass is 278 g/mol. The first kappa shape index (κ1) is 14.2. The number of nitrogens with zero attached hydrogens (tertiary/aromatic N) is 2. The number of nitrogens with two attached hydrogens (primary N) is 1. The van der Waals surface area contributed by atoms with Crippen molar-refractivity contribution in [3.63, 3.8) is 0 Å². The van der Waals surface area contributed by atoms with E-state index in [9.17, 15) is 0 Å². The molecule has 2 rings (SSSR count). The molecule has 1 fully saturated rings. The SMILES string of the molecule is Cc1cc(C(=N)N)cc(N2CCSC(C)(C)CC2)n1. The van der Waals surface area contributed by atoms with E-state index in [1.807, 2.05) is 30.8 Å². The summed E-state index contributed by atoms with van der Waals surface area (Å²) < 4.78 is 0.335. The van der Waals surface area contributed by atoms with Crippen LogP contribution in [0.4, 0.5) is 5.82 Å². The van der Waals surface area contributed by atoms with E-state index >= 15 is 0 Å². The van der Waals surface area contributed by atoms with Gasteiger partial charge in [-0.25, -0.2) is 4.98 Å². The molecule has 0 saturated carbocycles. The van der Waals surface area contributed by atoms with Crippen LogP contribution in [0.2, 0.25) is 0 Å². The van der Waals surface area contributed by atoms with Crippen LogP contribution < -0.4 is 10.6 Å². The number of nitrogen functional groups attached to an aromatic ring is 1. The maximum atomic E-state index is 7.58. The highest BCUT2D eigenvalue weighted by atomic mass is 32.2. The van der Waals surface area contributed by atoms with E-state index in [-0.39, 0.29) is 5.84 Å². The van der Waals surface area contributed by atoms with E-state index in [0.717, 1.165) is 42.3 Å². The Hall–Kier alpha value is -1.23. The van der Waals surface area contributed by atoms with E-state index < -0.39 is 0 Å². The second-order valence-electron chi connectivity index (χ2n) is 5.61. The number of anilines is 1. The number of amidine groups is 1. The van der Waals surface area contributed by atoms with Crippen molar-refractivity contribution >= 4 is 23.4 Å². The molecule has 104 valence electrons. The van der Waals surface area contributed by atoms with Crippen molar-refractivity contribution in [1.29, 1.82) is 5.41 Å². The van der Waals surface area contributed by atoms with Crippen molar-refractivity contribution in [3.8, 4) is 0 Å². The summed E-state index contributed by atoms with van der Waals surface area (Å²) in [6, 6.07) is 3.79. The fraction of sp³-hybridized carbons (Fsp3) is 0.571. The quantitative estimate of drug-likeness (QED) is 0.644. The van der Waals surface area contributed by atoms with Crippen molar-refractivity contribution in [2.24, 2.45) is 5.73 Å². The zero-order valence-electron chi connectivity index (χ0n) is 11.9. The van der Waals surface area contributed by atoms with Gasteiger partial charge in [-0.3, -0.25) is 5.41 Å². The molecule has 1 aliphatic heterocycles. The molecule has 1 aliphatic rings. The molecule has 0 bridgehead atoms. The van der Waals surface area contributed by atoms with Gasteiger partial charge < -0.3 is 10.6 Å². The van der Waals surface area contributed by atoms with Crippen LogP contribution in [-0.4, -0.2) is 34.4 Å². The maximum absolute atomic E-state index is 7.58. The Morgan fingerprint density at radius 3 is 2.84 bits per heavy atom. The van der Waals surface area contributed by atoms with Gasteiger partial charge in [0.05, 0.1) is 0 Å². The van der Waals surface area contributed by atoms with E-state index in [0.29, 0.717) is 4.75 Å². The first-order valence-electron chi connectivity index (χ1n) is 6.59. The Kier molecular flexibility index (Phi) is 4.04. The lowest BCUT2D eigenvalue weighted by Crippen LogP contribution is -2.28. The highest BCUT2D eigenvalue weighted by Crippen LogP contribution is 2.32. The number of aryl methyl sites for hydroxylation is 1. The van der Waals surface area contributed by atoms with Gasteiger partial charge in [-0.05, 0) is 25.5 Å². The molecule has 19 heavy (non-hydrogen) atoms. The molecule has 5 heteroatoms. The number of rotatable bonds is 2. The van der Waals surface area contributed by atoms with Gasteiger partial charge >= 0.3 is 0 Å². The zero-order valence-corrected chi connectivity index (χ0v) is 12.7. The summed E-state index contributed by atoms with van der Waals surface area (Å²) in [5, 5.41) is 7.58. The molecule has 0 unspecified atom stereocenters. The summed E-state index contributed by atoms with van der Waals surface area (Å²) in [6.45, 7) is 8.56. The smallest absolute Gasteiger partial charge is 0.129 e. The van der Waals surface area contributed by atoms with Crippen molar-refractivity contribution < 1.29 is 0 Å². The van der Waals surface area contributed by atoms with E-state index in [2.05, 4.69) is 23.7 Å². The van der Waals surface area contributed by atoms with Gasteiger partial charge in [0.2, 0.25) is 0 Å². The van der Waals surface area contributed by atoms with Gasteiger partial charge in [0.25, 0.3) is 0 Å². The van der Waals surface area contributed by atoms with Crippen LogP contribution in [0.15, 0.2) is 12.1 Å². The summed E-state index contributed by atoms with van der Waals surface area (Å²) in [6.07, 6.45) is 1.14. The molecule has 1 saturated heterocycles. The number of nitrogens with one attached hydrogen (secondary N) is 1. The molecule has 2 heterocycles. The lowest BCUT2D eigenvalue weighted by atomic mass is 10.1. The topological polar surface area (TPSA) is 66.0 Å². The molecule has 1 aromatic rings. The minimum atomic E-state index is 0.108. The van der Waals surface area contributed by atoms with Gasteiger partial charge in [-0.15, -0.1) is 0 Å². The van der Waals surface area contributed by atoms with Gasteiger partial charge in [0, 0.05) is 34.8 Å². The third kappa shape index (κ3) is 3.62. The number of pyridine rings is 1. The first-order chi connectivity index (χ1) is 8.87. The summed E-state index contributed by atoms with van der Waals surface area (Å²) in [5.41, 5.74) is 7.27. The largest absolute Gasteiger partial charge is 0.384 e. The van der Waals surface area contributed by atoms with Crippen LogP contribution in [0.1, 0.15) is 31.5 Å². The summed E-state index contributed by atoms with van der Waals surface area (Å²) in [7, 11) is 0. The molecule has 0 amide bonds. The maximum Gasteiger partial charge on any atom is 0.129 e. The lowest BCUT2D eigenvalue weighted by molar-refractivity contribution is 0.635. The van der Waals surface area contributed by atoms with E-state index in [4.69, 9.17) is 11.1 Å². The predicted octanol–water partition coefficient (Wildman–Crippen LogP) is 2.40. The van der Waals surface area contributed by atoms with Crippen LogP contribution >= 0.6 is 11.8 Å². The molecule has 0 atom stereocenters. The lowest BCUT2D eigenvalue weighted by Gasteiger charge is -2.24. The minimum absolute atomic E-state index is 0.108. The predicted molar refractivity (Wildman–Crippen MR) is 83.4 cm³/mol. The van der Waals surface area contributed by atoms with Crippen LogP contribution in [0.5, 0.6) is 0 Å². The fourth-order valence-electron chi connectivity index (χ4n) is 2.22. The molecular weight excluding hydrogens is 256 g/mol. The third-order valence-electron chi connectivity index (χ3n) is 3.41. The van der Waals surface area contributed by atoms with Crippen LogP contribution in [0.25, 0.3) is 0 Å². The van der Waals surface area contributed by atoms with Gasteiger partial charge in [0.1, 0.15) is 11.7 Å². The first-order valence-corrected chi connectivity index (χ1v) is 7.58. The third-order valence-corrected chi connectivity index (χ3v) is 4.78. The number of hydrogen-bond donors (Lipinski definition) is 2. The second-order valence-corrected chi connectivity index (χ2v) is 7.42. The Morgan fingerprint density at radius 1 is 1.42 bits per heavy atom. The second kappa shape index (κ2) is 5.41. The molecular formula is C14H22N4S. The van der Waals surface area contributed by atoms with Crippen molar-refractivity contribution in [1.82, 2.24) is 4.98 Å². The molecule has 0 spiro atoms. The van der Waals surface area contributed by atoms with Gasteiger partial charge in [-0.1, -0.05) is 13.8 Å². The Labute approximate surface area is 119 Å². The molecule has 1 aromatic heterocycles. The molecule has 4 nitrogen and oxygen atoms in total. The van der Waals surface area contributed by atoms with Gasteiger partial charge in [0.15, 0.2) is 0 Å². The van der Waals surface area contributed by atoms with Crippen LogP contribution in [0, 0.1) is 12.3 Å². The van der Waals surface area contributed by atoms with Gasteiger partial charge in [-0.2, -0.15) is 11.8 Å².